The maximum absolute atomic E-state index is 12.8. The Kier molecular flexibility index (Phi) is 36.0. The average molecular weight is 793 g/mol. The van der Waals surface area contributed by atoms with E-state index in [1.54, 1.807) is 0 Å². The first-order chi connectivity index (χ1) is 27.4. The number of rotatable bonds is 38. The van der Waals surface area contributed by atoms with Gasteiger partial charge in [-0.1, -0.05) is 146 Å². The second-order valence-corrected chi connectivity index (χ2v) is 15.5. The second kappa shape index (κ2) is 38.7. The maximum Gasteiger partial charge on any atom is 0.306 e. The van der Waals surface area contributed by atoms with E-state index in [0.29, 0.717) is 13.0 Å². The number of carbonyl (C=O) groups is 1. The molecule has 0 bridgehead atoms. The SMILES string of the molecule is CCCCC/C=C\C/C=C\C/C=C\CCCCCCCCC(=O)OC(COCCCCCCCC/C=C\CCCCCC)COC1OC(CO)C(O)C(O)C1O. The number of hydrogen-bond acceptors (Lipinski definition) is 9. The molecule has 0 radical (unpaired) electrons. The number of carbonyl (C=O) groups excluding carboxylic acids is 1. The molecule has 4 N–H and O–H groups in total. The van der Waals surface area contributed by atoms with Gasteiger partial charge in [-0.3, -0.25) is 4.79 Å². The minimum absolute atomic E-state index is 0.122. The van der Waals surface area contributed by atoms with E-state index in [9.17, 15) is 25.2 Å². The highest BCUT2D eigenvalue weighted by Gasteiger charge is 2.44. The molecule has 326 valence electrons. The van der Waals surface area contributed by atoms with Crippen LogP contribution in [0.5, 0.6) is 0 Å². The smallest absolute Gasteiger partial charge is 0.306 e. The second-order valence-electron chi connectivity index (χ2n) is 15.5. The predicted molar refractivity (Wildman–Crippen MR) is 228 cm³/mol. The van der Waals surface area contributed by atoms with Crippen LogP contribution in [0.2, 0.25) is 0 Å². The van der Waals surface area contributed by atoms with Crippen molar-refractivity contribution in [1.82, 2.24) is 0 Å². The van der Waals surface area contributed by atoms with Crippen molar-refractivity contribution in [2.45, 2.75) is 218 Å². The molecule has 1 fully saturated rings. The lowest BCUT2D eigenvalue weighted by molar-refractivity contribution is -0.305. The molecule has 1 aliphatic heterocycles. The standard InChI is InChI=1S/C47H84O9/c1-3-5-7-9-11-13-15-17-19-20-21-22-23-24-26-28-30-32-34-36-43(49)55-41(40-54-47-46(52)45(51)44(50)42(38-48)56-47)39-53-37-35-33-31-29-27-25-18-16-14-12-10-8-6-4-2/h11,13-14,16-17,19,21-22,41-42,44-48,50-52H,3-10,12,15,18,20,23-40H2,1-2H3/b13-11-,16-14-,19-17-,22-21-. The first-order valence-electron chi connectivity index (χ1n) is 22.7. The Balaban J connectivity index is 2.28. The molecule has 0 aromatic rings. The van der Waals surface area contributed by atoms with Crippen LogP contribution in [0.25, 0.3) is 0 Å². The summed E-state index contributed by atoms with van der Waals surface area (Å²) in [4.78, 5) is 12.8. The Morgan fingerprint density at radius 2 is 1.04 bits per heavy atom. The number of ether oxygens (including phenoxy) is 4. The monoisotopic (exact) mass is 793 g/mol. The Bertz CT molecular complexity index is 994. The van der Waals surface area contributed by atoms with Gasteiger partial charge in [-0.05, 0) is 77.0 Å². The number of aliphatic hydroxyl groups excluding tert-OH is 4. The van der Waals surface area contributed by atoms with E-state index in [0.717, 1.165) is 70.6 Å². The van der Waals surface area contributed by atoms with Gasteiger partial charge in [0.05, 0.1) is 19.8 Å². The number of aliphatic hydroxyl groups is 4. The molecule has 0 saturated carbocycles. The van der Waals surface area contributed by atoms with E-state index in [1.807, 2.05) is 0 Å². The van der Waals surface area contributed by atoms with Crippen LogP contribution in [0.15, 0.2) is 48.6 Å². The Labute approximate surface area is 342 Å². The third kappa shape index (κ3) is 29.4. The number of hydrogen-bond donors (Lipinski definition) is 4. The van der Waals surface area contributed by atoms with Crippen molar-refractivity contribution in [3.05, 3.63) is 48.6 Å². The van der Waals surface area contributed by atoms with Crippen molar-refractivity contribution in [3.63, 3.8) is 0 Å². The summed E-state index contributed by atoms with van der Waals surface area (Å²) in [5.41, 5.74) is 0. The molecule has 1 rings (SSSR count). The molecule has 0 aromatic heterocycles. The molecule has 9 nitrogen and oxygen atoms in total. The predicted octanol–water partition coefficient (Wildman–Crippen LogP) is 10.1. The molecule has 56 heavy (non-hydrogen) atoms. The summed E-state index contributed by atoms with van der Waals surface area (Å²) >= 11 is 0. The third-order valence-electron chi connectivity index (χ3n) is 10.2. The number of esters is 1. The minimum atomic E-state index is -1.54. The van der Waals surface area contributed by atoms with Gasteiger partial charge in [0.15, 0.2) is 6.29 Å². The van der Waals surface area contributed by atoms with E-state index in [2.05, 4.69) is 62.5 Å². The highest BCUT2D eigenvalue weighted by Crippen LogP contribution is 2.22. The van der Waals surface area contributed by atoms with Gasteiger partial charge in [0.1, 0.15) is 30.5 Å². The highest BCUT2D eigenvalue weighted by atomic mass is 16.7. The van der Waals surface area contributed by atoms with Crippen LogP contribution >= 0.6 is 0 Å². The molecular formula is C47H84O9. The first kappa shape index (κ1) is 52.2. The first-order valence-corrected chi connectivity index (χ1v) is 22.7. The van der Waals surface area contributed by atoms with Crippen LogP contribution in [0, 0.1) is 0 Å². The van der Waals surface area contributed by atoms with Gasteiger partial charge in [0, 0.05) is 13.0 Å². The van der Waals surface area contributed by atoms with Crippen molar-refractivity contribution >= 4 is 5.97 Å². The summed E-state index contributed by atoms with van der Waals surface area (Å²) in [6.07, 6.45) is 39.8. The fraction of sp³-hybridized carbons (Fsp3) is 0.809. The number of unbranched alkanes of at least 4 members (excludes halogenated alkanes) is 19. The zero-order chi connectivity index (χ0) is 40.7. The van der Waals surface area contributed by atoms with E-state index in [-0.39, 0.29) is 19.2 Å². The largest absolute Gasteiger partial charge is 0.457 e. The molecule has 6 atom stereocenters. The molecule has 1 heterocycles. The summed E-state index contributed by atoms with van der Waals surface area (Å²) in [6.45, 7) is 4.49. The molecule has 1 saturated heterocycles. The topological polar surface area (TPSA) is 135 Å². The van der Waals surface area contributed by atoms with E-state index in [4.69, 9.17) is 18.9 Å². The quantitative estimate of drug-likeness (QED) is 0.0274. The fourth-order valence-electron chi connectivity index (χ4n) is 6.61. The van der Waals surface area contributed by atoms with Crippen LogP contribution in [-0.2, 0) is 23.7 Å². The van der Waals surface area contributed by atoms with Crippen LogP contribution in [0.1, 0.15) is 181 Å². The van der Waals surface area contributed by atoms with Gasteiger partial charge in [-0.25, -0.2) is 0 Å². The summed E-state index contributed by atoms with van der Waals surface area (Å²) < 4.78 is 22.8. The van der Waals surface area contributed by atoms with E-state index >= 15 is 0 Å². The van der Waals surface area contributed by atoms with Gasteiger partial charge >= 0.3 is 5.97 Å². The van der Waals surface area contributed by atoms with E-state index < -0.39 is 43.4 Å². The lowest BCUT2D eigenvalue weighted by Crippen LogP contribution is -2.59. The maximum atomic E-state index is 12.8. The van der Waals surface area contributed by atoms with Gasteiger partial charge < -0.3 is 39.4 Å². The van der Waals surface area contributed by atoms with Crippen LogP contribution in [-0.4, -0.2) is 89.6 Å². The van der Waals surface area contributed by atoms with Crippen LogP contribution < -0.4 is 0 Å². The Hall–Kier alpha value is -1.85. The van der Waals surface area contributed by atoms with Crippen molar-refractivity contribution < 1.29 is 44.2 Å². The number of allylic oxidation sites excluding steroid dienone is 8. The van der Waals surface area contributed by atoms with Crippen molar-refractivity contribution in [2.24, 2.45) is 0 Å². The van der Waals surface area contributed by atoms with E-state index in [1.165, 1.54) is 89.9 Å². The Morgan fingerprint density at radius 1 is 0.571 bits per heavy atom. The Morgan fingerprint density at radius 3 is 1.61 bits per heavy atom. The molecular weight excluding hydrogens is 709 g/mol. The summed E-state index contributed by atoms with van der Waals surface area (Å²) in [5.74, 6) is -0.329. The van der Waals surface area contributed by atoms with Gasteiger partial charge in [-0.2, -0.15) is 0 Å². The summed E-state index contributed by atoms with van der Waals surface area (Å²) in [7, 11) is 0. The normalized spacial score (nSPS) is 21.0. The van der Waals surface area contributed by atoms with Crippen LogP contribution in [0.4, 0.5) is 0 Å². The molecule has 0 spiro atoms. The van der Waals surface area contributed by atoms with Crippen molar-refractivity contribution in [1.29, 1.82) is 0 Å². The van der Waals surface area contributed by atoms with Gasteiger partial charge in [0.2, 0.25) is 0 Å². The minimum Gasteiger partial charge on any atom is -0.457 e. The third-order valence-corrected chi connectivity index (χ3v) is 10.2. The molecule has 0 aliphatic carbocycles. The average Bonchev–Trinajstić information content (AvgIpc) is 3.20. The molecule has 1 aliphatic rings. The fourth-order valence-corrected chi connectivity index (χ4v) is 6.61. The zero-order valence-electron chi connectivity index (χ0n) is 35.6. The van der Waals surface area contributed by atoms with Crippen LogP contribution in [0.3, 0.4) is 0 Å². The van der Waals surface area contributed by atoms with Crippen molar-refractivity contribution in [2.75, 3.05) is 26.4 Å². The van der Waals surface area contributed by atoms with Gasteiger partial charge in [-0.15, -0.1) is 0 Å². The lowest BCUT2D eigenvalue weighted by Gasteiger charge is -2.39. The summed E-state index contributed by atoms with van der Waals surface area (Å²) in [5, 5.41) is 40.1. The van der Waals surface area contributed by atoms with Gasteiger partial charge in [0.25, 0.3) is 0 Å². The highest BCUT2D eigenvalue weighted by molar-refractivity contribution is 5.69. The lowest BCUT2D eigenvalue weighted by atomic mass is 9.99. The molecule has 6 unspecified atom stereocenters. The summed E-state index contributed by atoms with van der Waals surface area (Å²) in [6, 6.07) is 0. The molecule has 0 aromatic carbocycles. The molecule has 0 amide bonds. The molecule has 9 heteroatoms. The zero-order valence-corrected chi connectivity index (χ0v) is 35.6. The van der Waals surface area contributed by atoms with Crippen molar-refractivity contribution in [3.8, 4) is 0 Å².